The van der Waals surface area contributed by atoms with Gasteiger partial charge in [0.2, 0.25) is 0 Å². The summed E-state index contributed by atoms with van der Waals surface area (Å²) in [5.41, 5.74) is 1.03. The number of nitrogens with one attached hydrogen (secondary N) is 1. The fourth-order valence-corrected chi connectivity index (χ4v) is 2.24. The van der Waals surface area contributed by atoms with Crippen LogP contribution in [0.5, 0.6) is 0 Å². The highest BCUT2D eigenvalue weighted by Gasteiger charge is 2.04. The molecule has 1 heterocycles. The summed E-state index contributed by atoms with van der Waals surface area (Å²) in [6.07, 6.45) is 3.26. The predicted octanol–water partition coefficient (Wildman–Crippen LogP) is 2.55. The molecule has 0 radical (unpaired) electrons. The molecule has 3 rings (SSSR count). The number of benzene rings is 2. The summed E-state index contributed by atoms with van der Waals surface area (Å²) in [7, 11) is 1.72. The van der Waals surface area contributed by atoms with Crippen molar-refractivity contribution >= 4 is 16.6 Å². The van der Waals surface area contributed by atoms with Crippen LogP contribution >= 0.6 is 0 Å². The van der Waals surface area contributed by atoms with E-state index in [9.17, 15) is 4.79 Å². The number of rotatable bonds is 3. The molecule has 4 heteroatoms. The predicted molar refractivity (Wildman–Crippen MR) is 80.8 cm³/mol. The number of fused-ring (bicyclic) bond motifs is 1. The van der Waals surface area contributed by atoms with Gasteiger partial charge in [-0.3, -0.25) is 4.79 Å². The van der Waals surface area contributed by atoms with Crippen LogP contribution in [0.1, 0.15) is 5.56 Å². The van der Waals surface area contributed by atoms with Gasteiger partial charge in [-0.15, -0.1) is 0 Å². The first kappa shape index (κ1) is 12.4. The van der Waals surface area contributed by atoms with Gasteiger partial charge in [0.25, 0.3) is 5.56 Å². The molecule has 0 unspecified atom stereocenters. The molecule has 4 nitrogen and oxygen atoms in total. The third kappa shape index (κ3) is 2.28. The third-order valence-corrected chi connectivity index (χ3v) is 3.34. The lowest BCUT2D eigenvalue weighted by Gasteiger charge is -2.09. The van der Waals surface area contributed by atoms with Crippen molar-refractivity contribution in [1.82, 2.24) is 9.55 Å². The van der Waals surface area contributed by atoms with Gasteiger partial charge in [-0.05, 0) is 16.3 Å². The van der Waals surface area contributed by atoms with E-state index >= 15 is 0 Å². The van der Waals surface area contributed by atoms with Gasteiger partial charge in [-0.1, -0.05) is 42.5 Å². The fourth-order valence-electron chi connectivity index (χ4n) is 2.24. The molecule has 1 N–H and O–H groups in total. The van der Waals surface area contributed by atoms with Crippen molar-refractivity contribution < 1.29 is 0 Å². The molecule has 0 amide bonds. The summed E-state index contributed by atoms with van der Waals surface area (Å²) in [4.78, 5) is 16.0. The van der Waals surface area contributed by atoms with Crippen LogP contribution in [-0.2, 0) is 13.6 Å². The van der Waals surface area contributed by atoms with Crippen molar-refractivity contribution in [3.63, 3.8) is 0 Å². The lowest BCUT2D eigenvalue weighted by atomic mass is 10.0. The number of hydrogen-bond acceptors (Lipinski definition) is 3. The molecule has 0 aliphatic heterocycles. The smallest absolute Gasteiger partial charge is 0.293 e. The van der Waals surface area contributed by atoms with Crippen LogP contribution in [0.15, 0.2) is 59.7 Å². The standard InChI is InChI=1S/C16H15N3O/c1-19-10-9-17-15(16(19)20)18-11-13-7-4-6-12-5-2-3-8-14(12)13/h2-10H,11H2,1H3,(H,17,18). The van der Waals surface area contributed by atoms with Crippen molar-refractivity contribution in [3.8, 4) is 0 Å². The van der Waals surface area contributed by atoms with E-state index in [1.807, 2.05) is 18.2 Å². The SMILES string of the molecule is Cn1ccnc(NCc2cccc3ccccc23)c1=O. The van der Waals surface area contributed by atoms with E-state index in [0.29, 0.717) is 12.4 Å². The van der Waals surface area contributed by atoms with Crippen LogP contribution < -0.4 is 10.9 Å². The van der Waals surface area contributed by atoms with E-state index in [-0.39, 0.29) is 5.56 Å². The molecule has 1 aromatic heterocycles. The summed E-state index contributed by atoms with van der Waals surface area (Å²) in [6.45, 7) is 0.577. The Morgan fingerprint density at radius 3 is 2.85 bits per heavy atom. The monoisotopic (exact) mass is 265 g/mol. The Morgan fingerprint density at radius 1 is 1.15 bits per heavy atom. The summed E-state index contributed by atoms with van der Waals surface area (Å²) in [5.74, 6) is 0.378. The van der Waals surface area contributed by atoms with Crippen LogP contribution in [0.4, 0.5) is 5.82 Å². The van der Waals surface area contributed by atoms with Gasteiger partial charge >= 0.3 is 0 Å². The first-order valence-electron chi connectivity index (χ1n) is 6.48. The maximum atomic E-state index is 11.9. The summed E-state index contributed by atoms with van der Waals surface area (Å²) in [6, 6.07) is 14.4. The van der Waals surface area contributed by atoms with Crippen LogP contribution in [0.25, 0.3) is 10.8 Å². The number of aromatic nitrogens is 2. The fraction of sp³-hybridized carbons (Fsp3) is 0.125. The Bertz CT molecular complexity index is 803. The largest absolute Gasteiger partial charge is 0.361 e. The highest BCUT2D eigenvalue weighted by molar-refractivity contribution is 5.85. The van der Waals surface area contributed by atoms with Crippen molar-refractivity contribution in [2.75, 3.05) is 5.32 Å². The van der Waals surface area contributed by atoms with Gasteiger partial charge in [0.05, 0.1) is 0 Å². The van der Waals surface area contributed by atoms with Crippen molar-refractivity contribution in [3.05, 3.63) is 70.8 Å². The second-order valence-electron chi connectivity index (χ2n) is 4.68. The number of aryl methyl sites for hydroxylation is 1. The lowest BCUT2D eigenvalue weighted by molar-refractivity contribution is 0.839. The highest BCUT2D eigenvalue weighted by atomic mass is 16.1. The Kier molecular flexibility index (Phi) is 3.21. The zero-order valence-corrected chi connectivity index (χ0v) is 11.2. The number of nitrogens with zero attached hydrogens (tertiary/aromatic N) is 2. The molecular weight excluding hydrogens is 250 g/mol. The molecule has 0 aliphatic carbocycles. The maximum absolute atomic E-state index is 11.9. The van der Waals surface area contributed by atoms with E-state index in [4.69, 9.17) is 0 Å². The summed E-state index contributed by atoms with van der Waals surface area (Å²) < 4.78 is 1.51. The first-order chi connectivity index (χ1) is 9.75. The third-order valence-electron chi connectivity index (χ3n) is 3.34. The molecule has 100 valence electrons. The molecule has 0 fully saturated rings. The minimum atomic E-state index is -0.118. The Morgan fingerprint density at radius 2 is 1.95 bits per heavy atom. The molecule has 2 aromatic carbocycles. The van der Waals surface area contributed by atoms with Gasteiger partial charge in [0.1, 0.15) is 0 Å². The van der Waals surface area contributed by atoms with E-state index in [1.165, 1.54) is 15.3 Å². The van der Waals surface area contributed by atoms with Gasteiger partial charge in [-0.25, -0.2) is 4.98 Å². The maximum Gasteiger partial charge on any atom is 0.293 e. The molecule has 0 bridgehead atoms. The molecule has 3 aromatic rings. The van der Waals surface area contributed by atoms with E-state index < -0.39 is 0 Å². The zero-order chi connectivity index (χ0) is 13.9. The van der Waals surface area contributed by atoms with Crippen LogP contribution in [0, 0.1) is 0 Å². The Balaban J connectivity index is 1.91. The Hall–Kier alpha value is -2.62. The molecule has 20 heavy (non-hydrogen) atoms. The Labute approximate surface area is 116 Å². The van der Waals surface area contributed by atoms with E-state index in [2.05, 4.69) is 34.6 Å². The normalized spacial score (nSPS) is 10.7. The first-order valence-corrected chi connectivity index (χ1v) is 6.48. The minimum Gasteiger partial charge on any atom is -0.361 e. The van der Waals surface area contributed by atoms with E-state index in [0.717, 1.165) is 5.56 Å². The van der Waals surface area contributed by atoms with Gasteiger partial charge < -0.3 is 9.88 Å². The second kappa shape index (κ2) is 5.17. The van der Waals surface area contributed by atoms with Crippen molar-refractivity contribution in [1.29, 1.82) is 0 Å². The molecular formula is C16H15N3O. The molecule has 0 aliphatic rings. The number of hydrogen-bond donors (Lipinski definition) is 1. The quantitative estimate of drug-likeness (QED) is 0.791. The summed E-state index contributed by atoms with van der Waals surface area (Å²) in [5, 5.41) is 5.50. The second-order valence-corrected chi connectivity index (χ2v) is 4.68. The molecule has 0 saturated heterocycles. The average Bonchev–Trinajstić information content (AvgIpc) is 2.49. The minimum absolute atomic E-state index is 0.118. The average molecular weight is 265 g/mol. The van der Waals surface area contributed by atoms with Gasteiger partial charge in [0.15, 0.2) is 5.82 Å². The van der Waals surface area contributed by atoms with Gasteiger partial charge in [0, 0.05) is 26.0 Å². The van der Waals surface area contributed by atoms with Crippen molar-refractivity contribution in [2.45, 2.75) is 6.54 Å². The van der Waals surface area contributed by atoms with Crippen LogP contribution in [0.3, 0.4) is 0 Å². The van der Waals surface area contributed by atoms with Gasteiger partial charge in [-0.2, -0.15) is 0 Å². The van der Waals surface area contributed by atoms with Crippen LogP contribution in [0.2, 0.25) is 0 Å². The number of anilines is 1. The van der Waals surface area contributed by atoms with E-state index in [1.54, 1.807) is 19.4 Å². The van der Waals surface area contributed by atoms with Crippen molar-refractivity contribution in [2.24, 2.45) is 7.05 Å². The van der Waals surface area contributed by atoms with Crippen LogP contribution in [-0.4, -0.2) is 9.55 Å². The highest BCUT2D eigenvalue weighted by Crippen LogP contribution is 2.18. The topological polar surface area (TPSA) is 46.9 Å². The molecule has 0 atom stereocenters. The lowest BCUT2D eigenvalue weighted by Crippen LogP contribution is -2.21. The summed E-state index contributed by atoms with van der Waals surface area (Å²) >= 11 is 0. The molecule has 0 spiro atoms. The zero-order valence-electron chi connectivity index (χ0n) is 11.2. The molecule has 0 saturated carbocycles.